The van der Waals surface area contributed by atoms with E-state index in [1.165, 1.54) is 0 Å². The number of carboxylic acids is 1. The molecule has 2 heterocycles. The van der Waals surface area contributed by atoms with Gasteiger partial charge in [0.15, 0.2) is 0 Å². The van der Waals surface area contributed by atoms with E-state index in [1.54, 1.807) is 13.8 Å². The number of aromatic nitrogens is 1. The Morgan fingerprint density at radius 1 is 1.32 bits per heavy atom. The van der Waals surface area contributed by atoms with Crippen LogP contribution in [0.25, 0.3) is 0 Å². The monoisotopic (exact) mass is 360 g/mol. The van der Waals surface area contributed by atoms with Crippen molar-refractivity contribution in [1.29, 1.82) is 0 Å². The van der Waals surface area contributed by atoms with Crippen molar-refractivity contribution in [2.75, 3.05) is 19.6 Å². The lowest BCUT2D eigenvalue weighted by Crippen LogP contribution is -2.39. The van der Waals surface area contributed by atoms with Crippen LogP contribution in [0.3, 0.4) is 0 Å². The average molecular weight is 360 g/mol. The van der Waals surface area contributed by atoms with Gasteiger partial charge in [0.2, 0.25) is 0 Å². The molecule has 5 nitrogen and oxygen atoms in total. The lowest BCUT2D eigenvalue weighted by Gasteiger charge is -2.31. The zero-order valence-corrected chi connectivity index (χ0v) is 14.3. The molecule has 140 valence electrons. The average Bonchev–Trinajstić information content (AvgIpc) is 2.43. The highest BCUT2D eigenvalue weighted by Gasteiger charge is 2.35. The Bertz CT molecular complexity index is 679. The van der Waals surface area contributed by atoms with Crippen molar-refractivity contribution >= 4 is 5.97 Å². The Morgan fingerprint density at radius 3 is 2.40 bits per heavy atom. The van der Waals surface area contributed by atoms with Crippen LogP contribution in [0, 0.1) is 5.92 Å². The van der Waals surface area contributed by atoms with E-state index in [0.29, 0.717) is 12.6 Å². The number of aliphatic carboxylic acids is 1. The number of carbonyl (C=O) groups is 1. The van der Waals surface area contributed by atoms with Crippen molar-refractivity contribution in [1.82, 2.24) is 9.47 Å². The first-order valence-corrected chi connectivity index (χ1v) is 8.37. The van der Waals surface area contributed by atoms with Gasteiger partial charge in [-0.1, -0.05) is 13.8 Å². The van der Waals surface area contributed by atoms with Gasteiger partial charge >= 0.3 is 12.1 Å². The molecule has 8 heteroatoms. The van der Waals surface area contributed by atoms with Crippen LogP contribution >= 0.6 is 0 Å². The van der Waals surface area contributed by atoms with Crippen LogP contribution < -0.4 is 5.56 Å². The van der Waals surface area contributed by atoms with Gasteiger partial charge in [-0.3, -0.25) is 4.79 Å². The number of halogens is 3. The smallest absolute Gasteiger partial charge is 0.416 e. The first-order valence-electron chi connectivity index (χ1n) is 8.37. The molecule has 1 N–H and O–H groups in total. The Balaban J connectivity index is 2.42. The highest BCUT2D eigenvalue weighted by atomic mass is 19.4. The molecule has 1 aliphatic heterocycles. The van der Waals surface area contributed by atoms with Gasteiger partial charge in [0.05, 0.1) is 5.56 Å². The van der Waals surface area contributed by atoms with Gasteiger partial charge in [-0.05, 0) is 43.8 Å². The van der Waals surface area contributed by atoms with Gasteiger partial charge in [0, 0.05) is 18.8 Å². The maximum Gasteiger partial charge on any atom is 0.416 e. The Morgan fingerprint density at radius 2 is 1.96 bits per heavy atom. The van der Waals surface area contributed by atoms with Crippen molar-refractivity contribution < 1.29 is 23.1 Å². The summed E-state index contributed by atoms with van der Waals surface area (Å²) in [6, 6.07) is -0.639. The van der Waals surface area contributed by atoms with E-state index in [4.69, 9.17) is 0 Å². The third-order valence-corrected chi connectivity index (χ3v) is 4.43. The van der Waals surface area contributed by atoms with E-state index in [0.717, 1.165) is 30.3 Å². The van der Waals surface area contributed by atoms with Gasteiger partial charge < -0.3 is 14.6 Å². The van der Waals surface area contributed by atoms with E-state index >= 15 is 0 Å². The molecule has 1 aliphatic rings. The zero-order valence-electron chi connectivity index (χ0n) is 14.3. The van der Waals surface area contributed by atoms with Crippen LogP contribution in [0.2, 0.25) is 0 Å². The van der Waals surface area contributed by atoms with Crippen molar-refractivity contribution in [3.05, 3.63) is 33.7 Å². The molecular weight excluding hydrogens is 337 g/mol. The minimum atomic E-state index is -4.64. The fourth-order valence-corrected chi connectivity index (χ4v) is 2.96. The van der Waals surface area contributed by atoms with Gasteiger partial charge in [-0.15, -0.1) is 0 Å². The molecule has 2 rings (SSSR count). The van der Waals surface area contributed by atoms with Gasteiger partial charge in [-0.25, -0.2) is 4.79 Å². The molecule has 0 aromatic carbocycles. The lowest BCUT2D eigenvalue weighted by molar-refractivity contribution is -0.141. The molecule has 0 bridgehead atoms. The third-order valence-electron chi connectivity index (χ3n) is 4.43. The highest BCUT2D eigenvalue weighted by molar-refractivity contribution is 5.71. The van der Waals surface area contributed by atoms with Gasteiger partial charge in [0.1, 0.15) is 6.04 Å². The molecule has 1 aromatic rings. The van der Waals surface area contributed by atoms with Crippen LogP contribution in [0.1, 0.15) is 43.9 Å². The summed E-state index contributed by atoms with van der Waals surface area (Å²) in [7, 11) is 0. The topological polar surface area (TPSA) is 62.5 Å². The standard InChI is InChI=1S/C17H23F3N2O3/c1-11(2)8-14(16(24)25)22-10-12(4-7-21-5-3-6-21)13(9-15(22)23)17(18,19)20/h9-11,14H,3-8H2,1-2H3,(H,24,25)/t14-/m0/s1. The predicted molar refractivity (Wildman–Crippen MR) is 86.6 cm³/mol. The van der Waals surface area contributed by atoms with Crippen molar-refractivity contribution in [3.63, 3.8) is 0 Å². The molecule has 1 aromatic heterocycles. The van der Waals surface area contributed by atoms with Gasteiger partial charge in [0.25, 0.3) is 5.56 Å². The van der Waals surface area contributed by atoms with Crippen molar-refractivity contribution in [2.45, 2.75) is 45.3 Å². The second-order valence-electron chi connectivity index (χ2n) is 6.88. The zero-order chi connectivity index (χ0) is 18.8. The van der Waals surface area contributed by atoms with Crippen molar-refractivity contribution in [2.24, 2.45) is 5.92 Å². The summed E-state index contributed by atoms with van der Waals surface area (Å²) in [6.45, 7) is 5.77. The fraction of sp³-hybridized carbons (Fsp3) is 0.647. The molecule has 0 spiro atoms. The first kappa shape index (κ1) is 19.5. The number of carboxylic acid groups (broad SMARTS) is 1. The van der Waals surface area contributed by atoms with E-state index in [9.17, 15) is 27.9 Å². The maximum absolute atomic E-state index is 13.3. The predicted octanol–water partition coefficient (Wildman–Crippen LogP) is 2.79. The summed E-state index contributed by atoms with van der Waals surface area (Å²) in [5.41, 5.74) is -1.94. The first-order chi connectivity index (χ1) is 11.6. The van der Waals surface area contributed by atoms with Crippen LogP contribution in [-0.4, -0.2) is 40.2 Å². The second-order valence-corrected chi connectivity index (χ2v) is 6.88. The molecule has 0 amide bonds. The fourth-order valence-electron chi connectivity index (χ4n) is 2.96. The number of hydrogen-bond donors (Lipinski definition) is 1. The number of pyridine rings is 1. The largest absolute Gasteiger partial charge is 0.480 e. The molecule has 0 radical (unpaired) electrons. The van der Waals surface area contributed by atoms with Crippen LogP contribution in [0.4, 0.5) is 13.2 Å². The molecule has 1 saturated heterocycles. The SMILES string of the molecule is CC(C)C[C@@H](C(=O)O)n1cc(CCN2CCC2)c(C(F)(F)F)cc1=O. The molecule has 25 heavy (non-hydrogen) atoms. The van der Waals surface area contributed by atoms with Crippen LogP contribution in [0.15, 0.2) is 17.1 Å². The summed E-state index contributed by atoms with van der Waals surface area (Å²) < 4.78 is 40.7. The number of alkyl halides is 3. The molecule has 0 aliphatic carbocycles. The Labute approximate surface area is 144 Å². The summed E-state index contributed by atoms with van der Waals surface area (Å²) in [5.74, 6) is -1.23. The normalized spacial score (nSPS) is 16.7. The Hall–Kier alpha value is -1.83. The molecule has 0 saturated carbocycles. The van der Waals surface area contributed by atoms with Crippen molar-refractivity contribution in [3.8, 4) is 0 Å². The second kappa shape index (κ2) is 7.59. The Kier molecular flexibility index (Phi) is 5.92. The minimum Gasteiger partial charge on any atom is -0.480 e. The van der Waals surface area contributed by atoms with Gasteiger partial charge in [-0.2, -0.15) is 13.2 Å². The van der Waals surface area contributed by atoms with Crippen LogP contribution in [-0.2, 0) is 17.4 Å². The minimum absolute atomic E-state index is 0.0140. The molecule has 1 fully saturated rings. The summed E-state index contributed by atoms with van der Waals surface area (Å²) >= 11 is 0. The molecular formula is C17H23F3N2O3. The lowest BCUT2D eigenvalue weighted by atomic mass is 10.0. The van der Waals surface area contributed by atoms with E-state index in [1.807, 2.05) is 4.90 Å². The number of hydrogen-bond acceptors (Lipinski definition) is 3. The summed E-state index contributed by atoms with van der Waals surface area (Å²) in [4.78, 5) is 25.7. The highest BCUT2D eigenvalue weighted by Crippen LogP contribution is 2.32. The number of nitrogens with zero attached hydrogens (tertiary/aromatic N) is 2. The van der Waals surface area contributed by atoms with E-state index in [2.05, 4.69) is 0 Å². The third kappa shape index (κ3) is 4.84. The molecule has 1 atom stereocenters. The summed E-state index contributed by atoms with van der Waals surface area (Å²) in [5, 5.41) is 9.40. The van der Waals surface area contributed by atoms with E-state index in [-0.39, 0.29) is 24.3 Å². The number of rotatable bonds is 7. The van der Waals surface area contributed by atoms with E-state index < -0.39 is 29.3 Å². The summed E-state index contributed by atoms with van der Waals surface area (Å²) in [6.07, 6.45) is -2.22. The number of likely N-dealkylation sites (tertiary alicyclic amines) is 1. The maximum atomic E-state index is 13.3. The van der Waals surface area contributed by atoms with Crippen LogP contribution in [0.5, 0.6) is 0 Å². The quantitative estimate of drug-likeness (QED) is 0.812. The molecule has 0 unspecified atom stereocenters.